The highest BCUT2D eigenvalue weighted by Crippen LogP contribution is 2.08. The van der Waals surface area contributed by atoms with Gasteiger partial charge in [0.25, 0.3) is 5.91 Å². The number of rotatable bonds is 3. The summed E-state index contributed by atoms with van der Waals surface area (Å²) in [4.78, 5) is 26.0. The third-order valence-corrected chi connectivity index (χ3v) is 2.28. The summed E-state index contributed by atoms with van der Waals surface area (Å²) < 4.78 is 1.37. The van der Waals surface area contributed by atoms with Gasteiger partial charge in [0, 0.05) is 19.4 Å². The lowest BCUT2D eigenvalue weighted by molar-refractivity contribution is 0.0689. The summed E-state index contributed by atoms with van der Waals surface area (Å²) in [7, 11) is 1.51. The van der Waals surface area contributed by atoms with E-state index in [0.717, 1.165) is 0 Å². The molecule has 2 rings (SSSR count). The van der Waals surface area contributed by atoms with Crippen molar-refractivity contribution in [1.82, 2.24) is 20.1 Å². The lowest BCUT2D eigenvalue weighted by Crippen LogP contribution is -2.19. The molecule has 0 atom stereocenters. The van der Waals surface area contributed by atoms with E-state index in [1.54, 1.807) is 6.07 Å². The number of hydrogen-bond donors (Lipinski definition) is 2. The first-order chi connectivity index (χ1) is 8.61. The standard InChI is InChI=1S/C11H10N4O3/c1-12-10(16)9-6-7(2-4-13-9)15-5-3-8(14-15)11(17)18/h2-6H,1H3,(H,12,16)(H,17,18). The summed E-state index contributed by atoms with van der Waals surface area (Å²) in [6.07, 6.45) is 2.97. The minimum atomic E-state index is -1.10. The quantitative estimate of drug-likeness (QED) is 0.813. The van der Waals surface area contributed by atoms with E-state index < -0.39 is 5.97 Å². The number of pyridine rings is 1. The molecule has 0 aliphatic carbocycles. The molecule has 2 heterocycles. The maximum atomic E-state index is 11.4. The van der Waals surface area contributed by atoms with Crippen molar-refractivity contribution in [3.8, 4) is 5.69 Å². The number of hydrogen-bond acceptors (Lipinski definition) is 4. The van der Waals surface area contributed by atoms with Crippen LogP contribution in [-0.2, 0) is 0 Å². The number of aromatic carboxylic acids is 1. The van der Waals surface area contributed by atoms with E-state index in [-0.39, 0.29) is 17.3 Å². The van der Waals surface area contributed by atoms with E-state index in [2.05, 4.69) is 15.4 Å². The van der Waals surface area contributed by atoms with E-state index in [9.17, 15) is 9.59 Å². The second-order valence-electron chi connectivity index (χ2n) is 3.43. The number of nitrogens with zero attached hydrogens (tertiary/aromatic N) is 3. The Hall–Kier alpha value is -2.70. The van der Waals surface area contributed by atoms with Gasteiger partial charge in [-0.1, -0.05) is 0 Å². The molecular formula is C11H10N4O3. The SMILES string of the molecule is CNC(=O)c1cc(-n2ccc(C(=O)O)n2)ccn1. The van der Waals surface area contributed by atoms with Crippen LogP contribution in [-0.4, -0.2) is 38.8 Å². The van der Waals surface area contributed by atoms with Gasteiger partial charge in [-0.2, -0.15) is 5.10 Å². The fraction of sp³-hybridized carbons (Fsp3) is 0.0909. The average molecular weight is 246 g/mol. The zero-order valence-electron chi connectivity index (χ0n) is 9.49. The van der Waals surface area contributed by atoms with Crippen LogP contribution < -0.4 is 5.32 Å². The predicted octanol–water partition coefficient (Wildman–Crippen LogP) is 0.325. The van der Waals surface area contributed by atoms with Crippen LogP contribution in [0.5, 0.6) is 0 Å². The van der Waals surface area contributed by atoms with E-state index >= 15 is 0 Å². The van der Waals surface area contributed by atoms with E-state index in [4.69, 9.17) is 5.11 Å². The number of nitrogens with one attached hydrogen (secondary N) is 1. The largest absolute Gasteiger partial charge is 0.476 e. The third kappa shape index (κ3) is 2.19. The second-order valence-corrected chi connectivity index (χ2v) is 3.43. The summed E-state index contributed by atoms with van der Waals surface area (Å²) >= 11 is 0. The molecule has 0 saturated carbocycles. The highest BCUT2D eigenvalue weighted by molar-refractivity contribution is 5.92. The van der Waals surface area contributed by atoms with Gasteiger partial charge in [-0.25, -0.2) is 9.48 Å². The second kappa shape index (κ2) is 4.66. The maximum absolute atomic E-state index is 11.4. The smallest absolute Gasteiger partial charge is 0.356 e. The van der Waals surface area contributed by atoms with Crippen molar-refractivity contribution in [1.29, 1.82) is 0 Å². The van der Waals surface area contributed by atoms with Gasteiger partial charge in [-0.3, -0.25) is 9.78 Å². The molecule has 0 aliphatic heterocycles. The molecule has 0 spiro atoms. The molecule has 2 aromatic rings. The molecule has 0 fully saturated rings. The molecule has 2 N–H and O–H groups in total. The molecule has 18 heavy (non-hydrogen) atoms. The first-order valence-corrected chi connectivity index (χ1v) is 5.09. The highest BCUT2D eigenvalue weighted by Gasteiger charge is 2.10. The molecule has 7 nitrogen and oxygen atoms in total. The summed E-state index contributed by atoms with van der Waals surface area (Å²) in [5.41, 5.74) is 0.742. The minimum absolute atomic E-state index is 0.0618. The van der Waals surface area contributed by atoms with Gasteiger partial charge in [0.2, 0.25) is 0 Å². The van der Waals surface area contributed by atoms with Crippen molar-refractivity contribution >= 4 is 11.9 Å². The summed E-state index contributed by atoms with van der Waals surface area (Å²) in [5, 5.41) is 15.1. The van der Waals surface area contributed by atoms with E-state index in [0.29, 0.717) is 5.69 Å². The Kier molecular flexibility index (Phi) is 3.05. The van der Waals surface area contributed by atoms with E-state index in [1.807, 2.05) is 0 Å². The van der Waals surface area contributed by atoms with Crippen molar-refractivity contribution < 1.29 is 14.7 Å². The van der Waals surface area contributed by atoms with Crippen molar-refractivity contribution in [3.63, 3.8) is 0 Å². The van der Waals surface area contributed by atoms with Crippen LogP contribution in [0.2, 0.25) is 0 Å². The molecule has 1 amide bonds. The van der Waals surface area contributed by atoms with E-state index in [1.165, 1.54) is 36.3 Å². The molecular weight excluding hydrogens is 236 g/mol. The van der Waals surface area contributed by atoms with Gasteiger partial charge in [-0.05, 0) is 18.2 Å². The molecule has 0 aliphatic rings. The number of carbonyl (C=O) groups is 2. The first kappa shape index (κ1) is 11.8. The Morgan fingerprint density at radius 2 is 2.11 bits per heavy atom. The Bertz CT molecular complexity index is 606. The highest BCUT2D eigenvalue weighted by atomic mass is 16.4. The fourth-order valence-electron chi connectivity index (χ4n) is 1.40. The molecule has 0 radical (unpaired) electrons. The topological polar surface area (TPSA) is 97.1 Å². The first-order valence-electron chi connectivity index (χ1n) is 5.09. The minimum Gasteiger partial charge on any atom is -0.476 e. The number of carboxylic acid groups (broad SMARTS) is 1. The van der Waals surface area contributed by atoms with Crippen LogP contribution in [0.4, 0.5) is 0 Å². The average Bonchev–Trinajstić information content (AvgIpc) is 2.88. The van der Waals surface area contributed by atoms with Crippen molar-refractivity contribution in [2.45, 2.75) is 0 Å². The molecule has 0 saturated heterocycles. The normalized spacial score (nSPS) is 10.1. The molecule has 0 aromatic carbocycles. The number of carboxylic acids is 1. The molecule has 7 heteroatoms. The monoisotopic (exact) mass is 246 g/mol. The molecule has 92 valence electrons. The summed E-state index contributed by atoms with van der Waals surface area (Å²) in [6, 6.07) is 4.53. The van der Waals surface area contributed by atoms with Crippen LogP contribution in [0, 0.1) is 0 Å². The lowest BCUT2D eigenvalue weighted by Gasteiger charge is -2.03. The lowest BCUT2D eigenvalue weighted by atomic mass is 10.3. The Labute approximate surface area is 102 Å². The van der Waals surface area contributed by atoms with Gasteiger partial charge < -0.3 is 10.4 Å². The van der Waals surface area contributed by atoms with Crippen LogP contribution in [0.3, 0.4) is 0 Å². The molecule has 0 unspecified atom stereocenters. The molecule has 2 aromatic heterocycles. The summed E-state index contributed by atoms with van der Waals surface area (Å²) in [6.45, 7) is 0. The fourth-order valence-corrected chi connectivity index (χ4v) is 1.40. The van der Waals surface area contributed by atoms with Crippen LogP contribution >= 0.6 is 0 Å². The number of aromatic nitrogens is 3. The van der Waals surface area contributed by atoms with Crippen LogP contribution in [0.25, 0.3) is 5.69 Å². The van der Waals surface area contributed by atoms with Crippen molar-refractivity contribution in [3.05, 3.63) is 42.0 Å². The van der Waals surface area contributed by atoms with Crippen molar-refractivity contribution in [2.75, 3.05) is 7.05 Å². The van der Waals surface area contributed by atoms with Gasteiger partial charge in [-0.15, -0.1) is 0 Å². The zero-order valence-corrected chi connectivity index (χ0v) is 9.49. The Morgan fingerprint density at radius 1 is 1.33 bits per heavy atom. The van der Waals surface area contributed by atoms with Gasteiger partial charge in [0.1, 0.15) is 5.69 Å². The number of amides is 1. The summed E-state index contributed by atoms with van der Waals surface area (Å²) in [5.74, 6) is -1.42. The van der Waals surface area contributed by atoms with Gasteiger partial charge >= 0.3 is 5.97 Å². The molecule has 0 bridgehead atoms. The van der Waals surface area contributed by atoms with Gasteiger partial charge in [0.15, 0.2) is 5.69 Å². The zero-order chi connectivity index (χ0) is 13.1. The van der Waals surface area contributed by atoms with Crippen LogP contribution in [0.15, 0.2) is 30.6 Å². The van der Waals surface area contributed by atoms with Crippen LogP contribution in [0.1, 0.15) is 21.0 Å². The Morgan fingerprint density at radius 3 is 2.72 bits per heavy atom. The Balaban J connectivity index is 2.38. The number of carbonyl (C=O) groups excluding carboxylic acids is 1. The maximum Gasteiger partial charge on any atom is 0.356 e. The predicted molar refractivity (Wildman–Crippen MR) is 61.7 cm³/mol. The van der Waals surface area contributed by atoms with Gasteiger partial charge in [0.05, 0.1) is 5.69 Å². The van der Waals surface area contributed by atoms with Crippen molar-refractivity contribution in [2.24, 2.45) is 0 Å². The third-order valence-electron chi connectivity index (χ3n) is 2.28.